The van der Waals surface area contributed by atoms with Gasteiger partial charge in [0, 0.05) is 6.54 Å². The monoisotopic (exact) mass is 287 g/mol. The lowest BCUT2D eigenvalue weighted by atomic mass is 9.69. The van der Waals surface area contributed by atoms with Crippen LogP contribution in [-0.2, 0) is 16.0 Å². The fourth-order valence-electron chi connectivity index (χ4n) is 4.10. The number of ether oxygens (including phenoxy) is 1. The van der Waals surface area contributed by atoms with E-state index in [2.05, 4.69) is 24.3 Å². The molecule has 0 aliphatic heterocycles. The predicted molar refractivity (Wildman–Crippen MR) is 83.0 cm³/mol. The van der Waals surface area contributed by atoms with Gasteiger partial charge in [-0.05, 0) is 61.5 Å². The molecule has 0 spiro atoms. The molecule has 1 aromatic carbocycles. The third-order valence-electron chi connectivity index (χ3n) is 5.42. The molecular formula is C18H25NO2. The number of rotatable bonds is 5. The van der Waals surface area contributed by atoms with E-state index < -0.39 is 5.41 Å². The smallest absolute Gasteiger partial charge is 0.313 e. The Balaban J connectivity index is 1.89. The number of benzene rings is 1. The Morgan fingerprint density at radius 1 is 1.33 bits per heavy atom. The van der Waals surface area contributed by atoms with E-state index in [1.54, 1.807) is 0 Å². The van der Waals surface area contributed by atoms with Crippen LogP contribution in [0.2, 0.25) is 0 Å². The Kier molecular flexibility index (Phi) is 4.03. The molecule has 3 rings (SSSR count). The SMILES string of the molecule is COC(=O)C(CN)(CC1CCCc2ccccc21)C1CC1. The van der Waals surface area contributed by atoms with Crippen LogP contribution in [-0.4, -0.2) is 19.6 Å². The second-order valence-electron chi connectivity index (χ2n) is 6.62. The van der Waals surface area contributed by atoms with Crippen LogP contribution < -0.4 is 5.73 Å². The number of aryl methyl sites for hydroxylation is 1. The number of hydrogen-bond donors (Lipinski definition) is 1. The Labute approximate surface area is 126 Å². The van der Waals surface area contributed by atoms with E-state index in [4.69, 9.17) is 10.5 Å². The van der Waals surface area contributed by atoms with E-state index in [0.29, 0.717) is 18.4 Å². The number of fused-ring (bicyclic) bond motifs is 1. The fraction of sp³-hybridized carbons (Fsp3) is 0.611. The average Bonchev–Trinajstić information content (AvgIpc) is 3.37. The molecule has 2 N–H and O–H groups in total. The van der Waals surface area contributed by atoms with Crippen molar-refractivity contribution in [2.45, 2.75) is 44.4 Å². The Hall–Kier alpha value is -1.35. The Bertz CT molecular complexity index is 524. The van der Waals surface area contributed by atoms with Crippen molar-refractivity contribution in [2.24, 2.45) is 17.1 Å². The minimum absolute atomic E-state index is 0.101. The van der Waals surface area contributed by atoms with Crippen LogP contribution in [0.5, 0.6) is 0 Å². The molecule has 3 heteroatoms. The van der Waals surface area contributed by atoms with Gasteiger partial charge in [0.15, 0.2) is 0 Å². The van der Waals surface area contributed by atoms with E-state index in [1.165, 1.54) is 24.7 Å². The molecule has 0 saturated heterocycles. The first-order chi connectivity index (χ1) is 10.2. The van der Waals surface area contributed by atoms with Crippen molar-refractivity contribution in [3.05, 3.63) is 35.4 Å². The highest BCUT2D eigenvalue weighted by Crippen LogP contribution is 2.52. The second kappa shape index (κ2) is 5.80. The number of carbonyl (C=O) groups excluding carboxylic acids is 1. The largest absolute Gasteiger partial charge is 0.469 e. The molecule has 0 amide bonds. The summed E-state index contributed by atoms with van der Waals surface area (Å²) in [5, 5.41) is 0. The topological polar surface area (TPSA) is 52.3 Å². The first-order valence-corrected chi connectivity index (χ1v) is 8.07. The molecule has 2 aliphatic carbocycles. The molecule has 0 aromatic heterocycles. The molecule has 0 heterocycles. The number of methoxy groups -OCH3 is 1. The van der Waals surface area contributed by atoms with E-state index in [9.17, 15) is 4.79 Å². The van der Waals surface area contributed by atoms with Gasteiger partial charge >= 0.3 is 5.97 Å². The van der Waals surface area contributed by atoms with E-state index in [0.717, 1.165) is 32.1 Å². The van der Waals surface area contributed by atoms with Crippen molar-refractivity contribution in [2.75, 3.05) is 13.7 Å². The summed E-state index contributed by atoms with van der Waals surface area (Å²) in [6.07, 6.45) is 6.58. The molecule has 1 fully saturated rings. The molecule has 0 radical (unpaired) electrons. The Morgan fingerprint density at radius 2 is 2.10 bits per heavy atom. The number of hydrogen-bond acceptors (Lipinski definition) is 3. The molecule has 2 unspecified atom stereocenters. The van der Waals surface area contributed by atoms with Gasteiger partial charge in [0.2, 0.25) is 0 Å². The van der Waals surface area contributed by atoms with Crippen molar-refractivity contribution < 1.29 is 9.53 Å². The summed E-state index contributed by atoms with van der Waals surface area (Å²) in [5.74, 6) is 0.762. The summed E-state index contributed by atoms with van der Waals surface area (Å²) in [4.78, 5) is 12.4. The zero-order chi connectivity index (χ0) is 14.9. The molecule has 21 heavy (non-hydrogen) atoms. The third kappa shape index (κ3) is 2.59. The Morgan fingerprint density at radius 3 is 2.76 bits per heavy atom. The van der Waals surface area contributed by atoms with Crippen LogP contribution >= 0.6 is 0 Å². The summed E-state index contributed by atoms with van der Waals surface area (Å²) >= 11 is 0. The quantitative estimate of drug-likeness (QED) is 0.847. The molecule has 2 atom stereocenters. The number of nitrogens with two attached hydrogens (primary N) is 1. The van der Waals surface area contributed by atoms with Gasteiger partial charge in [0.1, 0.15) is 0 Å². The summed E-state index contributed by atoms with van der Waals surface area (Å²) < 4.78 is 5.12. The number of esters is 1. The van der Waals surface area contributed by atoms with Crippen LogP contribution in [0.25, 0.3) is 0 Å². The van der Waals surface area contributed by atoms with Gasteiger partial charge in [-0.2, -0.15) is 0 Å². The van der Waals surface area contributed by atoms with Crippen LogP contribution in [0.15, 0.2) is 24.3 Å². The van der Waals surface area contributed by atoms with Gasteiger partial charge in [-0.3, -0.25) is 4.79 Å². The highest BCUT2D eigenvalue weighted by atomic mass is 16.5. The predicted octanol–water partition coefficient (Wildman–Crippen LogP) is 3.02. The van der Waals surface area contributed by atoms with E-state index in [-0.39, 0.29) is 5.97 Å². The molecule has 0 bridgehead atoms. The lowest BCUT2D eigenvalue weighted by molar-refractivity contribution is -0.154. The van der Waals surface area contributed by atoms with Gasteiger partial charge in [-0.15, -0.1) is 0 Å². The van der Waals surface area contributed by atoms with E-state index in [1.807, 2.05) is 0 Å². The standard InChI is InChI=1S/C18H25NO2/c1-21-17(20)18(12-19,15-9-10-15)11-14-7-4-6-13-5-2-3-8-16(13)14/h2-3,5,8,14-15H,4,6-7,9-12,19H2,1H3. The molecule has 3 nitrogen and oxygen atoms in total. The van der Waals surface area contributed by atoms with Crippen LogP contribution in [0, 0.1) is 11.3 Å². The van der Waals surface area contributed by atoms with Crippen molar-refractivity contribution in [1.29, 1.82) is 0 Å². The van der Waals surface area contributed by atoms with Crippen molar-refractivity contribution >= 4 is 5.97 Å². The molecule has 114 valence electrons. The van der Waals surface area contributed by atoms with Gasteiger partial charge in [0.05, 0.1) is 12.5 Å². The van der Waals surface area contributed by atoms with Crippen LogP contribution in [0.4, 0.5) is 0 Å². The summed E-state index contributed by atoms with van der Waals surface area (Å²) in [5.41, 5.74) is 8.46. The third-order valence-corrected chi connectivity index (χ3v) is 5.42. The number of carbonyl (C=O) groups is 1. The average molecular weight is 287 g/mol. The highest BCUT2D eigenvalue weighted by molar-refractivity contribution is 5.78. The maximum atomic E-state index is 12.4. The zero-order valence-electron chi connectivity index (χ0n) is 12.8. The summed E-state index contributed by atoms with van der Waals surface area (Å²) in [7, 11) is 1.49. The summed E-state index contributed by atoms with van der Waals surface area (Å²) in [6.45, 7) is 0.406. The molecule has 1 saturated carbocycles. The maximum Gasteiger partial charge on any atom is 0.313 e. The minimum Gasteiger partial charge on any atom is -0.469 e. The van der Waals surface area contributed by atoms with Gasteiger partial charge < -0.3 is 10.5 Å². The van der Waals surface area contributed by atoms with Gasteiger partial charge in [-0.1, -0.05) is 24.3 Å². The lowest BCUT2D eigenvalue weighted by Crippen LogP contribution is -2.43. The molecule has 2 aliphatic rings. The lowest BCUT2D eigenvalue weighted by Gasteiger charge is -2.36. The first-order valence-electron chi connectivity index (χ1n) is 8.07. The van der Waals surface area contributed by atoms with Crippen molar-refractivity contribution in [3.8, 4) is 0 Å². The van der Waals surface area contributed by atoms with E-state index >= 15 is 0 Å². The summed E-state index contributed by atoms with van der Waals surface area (Å²) in [6, 6.07) is 8.67. The van der Waals surface area contributed by atoms with Gasteiger partial charge in [-0.25, -0.2) is 0 Å². The van der Waals surface area contributed by atoms with Crippen LogP contribution in [0.3, 0.4) is 0 Å². The van der Waals surface area contributed by atoms with Crippen molar-refractivity contribution in [1.82, 2.24) is 0 Å². The zero-order valence-corrected chi connectivity index (χ0v) is 12.8. The molecule has 1 aromatic rings. The molecular weight excluding hydrogens is 262 g/mol. The normalized spacial score (nSPS) is 24.0. The second-order valence-corrected chi connectivity index (χ2v) is 6.62. The van der Waals surface area contributed by atoms with Crippen LogP contribution in [0.1, 0.15) is 49.1 Å². The fourth-order valence-corrected chi connectivity index (χ4v) is 4.10. The van der Waals surface area contributed by atoms with Gasteiger partial charge in [0.25, 0.3) is 0 Å². The van der Waals surface area contributed by atoms with Crippen molar-refractivity contribution in [3.63, 3.8) is 0 Å². The maximum absolute atomic E-state index is 12.4. The highest BCUT2D eigenvalue weighted by Gasteiger charge is 2.52. The first kappa shape index (κ1) is 14.6. The minimum atomic E-state index is -0.468.